The molecule has 29 heavy (non-hydrogen) atoms. The second kappa shape index (κ2) is 6.59. The molecule has 4 aliphatic rings. The van der Waals surface area contributed by atoms with Crippen molar-refractivity contribution in [1.29, 1.82) is 0 Å². The molecular formula is C23H27N3O2S. The topological polar surface area (TPSA) is 70.2 Å². The lowest BCUT2D eigenvalue weighted by Crippen LogP contribution is -2.70. The van der Waals surface area contributed by atoms with Crippen molar-refractivity contribution in [2.75, 3.05) is 5.32 Å². The fraction of sp³-hybridized carbons (Fsp3) is 0.478. The lowest BCUT2D eigenvalue weighted by molar-refractivity contribution is -0.140. The quantitative estimate of drug-likeness (QED) is 0.708. The molecule has 2 amide bonds. The number of rotatable bonds is 3. The van der Waals surface area contributed by atoms with Crippen LogP contribution >= 0.6 is 11.3 Å². The molecule has 6 rings (SSSR count). The first-order chi connectivity index (χ1) is 13.9. The van der Waals surface area contributed by atoms with Crippen molar-refractivity contribution < 1.29 is 9.59 Å². The number of amides is 2. The lowest BCUT2D eigenvalue weighted by atomic mass is 9.51. The molecule has 5 unspecified atom stereocenters. The first-order valence-electron chi connectivity index (χ1n) is 10.4. The number of thiophene rings is 1. The normalized spacial score (nSPS) is 33.5. The summed E-state index contributed by atoms with van der Waals surface area (Å²) in [5.41, 5.74) is 1.01. The maximum absolute atomic E-state index is 13.2. The second-order valence-corrected chi connectivity index (χ2v) is 10.2. The summed E-state index contributed by atoms with van der Waals surface area (Å²) in [7, 11) is 0. The Kier molecular flexibility index (Phi) is 4.24. The van der Waals surface area contributed by atoms with E-state index in [1.54, 1.807) is 11.3 Å². The van der Waals surface area contributed by atoms with Crippen LogP contribution in [-0.2, 0) is 4.79 Å². The predicted octanol–water partition coefficient (Wildman–Crippen LogP) is 4.30. The largest absolute Gasteiger partial charge is 0.362 e. The third kappa shape index (κ3) is 2.96. The van der Waals surface area contributed by atoms with Crippen molar-refractivity contribution in [2.24, 2.45) is 17.3 Å². The number of anilines is 1. The van der Waals surface area contributed by atoms with Crippen LogP contribution in [0.1, 0.15) is 60.8 Å². The maximum Gasteiger partial charge on any atom is 0.255 e. The van der Waals surface area contributed by atoms with Gasteiger partial charge < -0.3 is 16.0 Å². The highest BCUT2D eigenvalue weighted by Crippen LogP contribution is 2.58. The van der Waals surface area contributed by atoms with Crippen LogP contribution < -0.4 is 16.0 Å². The molecule has 2 bridgehead atoms. The molecular weight excluding hydrogens is 382 g/mol. The molecule has 1 aromatic carbocycles. The van der Waals surface area contributed by atoms with Gasteiger partial charge in [-0.1, -0.05) is 25.1 Å². The maximum atomic E-state index is 13.2. The van der Waals surface area contributed by atoms with Gasteiger partial charge in [-0.15, -0.1) is 11.3 Å². The van der Waals surface area contributed by atoms with Crippen molar-refractivity contribution in [3.8, 4) is 0 Å². The molecule has 1 aliphatic heterocycles. The summed E-state index contributed by atoms with van der Waals surface area (Å²) in [6.45, 7) is 4.27. The van der Waals surface area contributed by atoms with Gasteiger partial charge in [-0.25, -0.2) is 0 Å². The molecule has 3 fully saturated rings. The molecule has 0 saturated heterocycles. The van der Waals surface area contributed by atoms with E-state index < -0.39 is 5.66 Å². The van der Waals surface area contributed by atoms with Gasteiger partial charge in [-0.3, -0.25) is 9.59 Å². The molecule has 0 radical (unpaired) electrons. The van der Waals surface area contributed by atoms with E-state index >= 15 is 0 Å². The van der Waals surface area contributed by atoms with E-state index in [-0.39, 0.29) is 35.1 Å². The van der Waals surface area contributed by atoms with Gasteiger partial charge in [0.2, 0.25) is 5.91 Å². The van der Waals surface area contributed by atoms with E-state index in [1.807, 2.05) is 35.7 Å². The minimum absolute atomic E-state index is 0.0113. The van der Waals surface area contributed by atoms with E-state index in [0.717, 1.165) is 31.4 Å². The smallest absolute Gasteiger partial charge is 0.255 e. The molecule has 152 valence electrons. The highest BCUT2D eigenvalue weighted by molar-refractivity contribution is 7.10. The van der Waals surface area contributed by atoms with Crippen LogP contribution in [-0.4, -0.2) is 17.5 Å². The third-order valence-electron chi connectivity index (χ3n) is 7.32. The van der Waals surface area contributed by atoms with Gasteiger partial charge in [0.25, 0.3) is 5.91 Å². The summed E-state index contributed by atoms with van der Waals surface area (Å²) < 4.78 is 0. The Morgan fingerprint density at radius 2 is 2.07 bits per heavy atom. The van der Waals surface area contributed by atoms with Crippen molar-refractivity contribution in [1.82, 2.24) is 10.6 Å². The Morgan fingerprint density at radius 1 is 1.24 bits per heavy atom. The van der Waals surface area contributed by atoms with Gasteiger partial charge in [0.1, 0.15) is 5.66 Å². The van der Waals surface area contributed by atoms with Crippen molar-refractivity contribution in [2.45, 2.75) is 51.2 Å². The summed E-state index contributed by atoms with van der Waals surface area (Å²) in [6, 6.07) is 11.8. The first-order valence-corrected chi connectivity index (χ1v) is 11.3. The molecule has 1 spiro atoms. The molecule has 5 nitrogen and oxygen atoms in total. The number of hydrogen-bond donors (Lipinski definition) is 3. The van der Waals surface area contributed by atoms with Gasteiger partial charge in [-0.05, 0) is 61.6 Å². The molecule has 3 saturated carbocycles. The number of hydrogen-bond acceptors (Lipinski definition) is 4. The minimum atomic E-state index is -0.450. The zero-order chi connectivity index (χ0) is 20.2. The highest BCUT2D eigenvalue weighted by atomic mass is 32.1. The van der Waals surface area contributed by atoms with Crippen LogP contribution in [0.2, 0.25) is 0 Å². The number of para-hydroxylation sites is 1. The Balaban J connectivity index is 1.38. The number of carbonyl (C=O) groups is 2. The van der Waals surface area contributed by atoms with E-state index in [1.165, 1.54) is 4.88 Å². The van der Waals surface area contributed by atoms with Gasteiger partial charge in [0.15, 0.2) is 0 Å². The Bertz CT molecular complexity index is 959. The van der Waals surface area contributed by atoms with Crippen molar-refractivity contribution in [3.05, 3.63) is 52.2 Å². The molecule has 2 aromatic rings. The van der Waals surface area contributed by atoms with Gasteiger partial charge in [-0.2, -0.15) is 0 Å². The van der Waals surface area contributed by atoms with Crippen molar-refractivity contribution >= 4 is 28.8 Å². The van der Waals surface area contributed by atoms with Crippen LogP contribution in [0.3, 0.4) is 0 Å². The molecule has 6 heteroatoms. The summed E-state index contributed by atoms with van der Waals surface area (Å²) in [4.78, 5) is 27.2. The molecule has 3 aliphatic carbocycles. The Hall–Kier alpha value is -2.34. The number of nitrogens with one attached hydrogen (secondary N) is 3. The van der Waals surface area contributed by atoms with E-state index in [9.17, 15) is 9.59 Å². The zero-order valence-corrected chi connectivity index (χ0v) is 17.6. The Morgan fingerprint density at radius 3 is 2.83 bits per heavy atom. The second-order valence-electron chi connectivity index (χ2n) is 9.20. The van der Waals surface area contributed by atoms with Gasteiger partial charge in [0.05, 0.1) is 11.6 Å². The summed E-state index contributed by atoms with van der Waals surface area (Å²) in [5.74, 6) is 0.359. The predicted molar refractivity (Wildman–Crippen MR) is 115 cm³/mol. The third-order valence-corrected chi connectivity index (χ3v) is 8.37. The van der Waals surface area contributed by atoms with Crippen LogP contribution in [0.25, 0.3) is 0 Å². The zero-order valence-electron chi connectivity index (χ0n) is 16.8. The molecule has 3 N–H and O–H groups in total. The summed E-state index contributed by atoms with van der Waals surface area (Å²) in [5, 5.41) is 12.2. The fourth-order valence-electron chi connectivity index (χ4n) is 5.78. The summed E-state index contributed by atoms with van der Waals surface area (Å²) >= 11 is 1.67. The lowest BCUT2D eigenvalue weighted by Gasteiger charge is -2.60. The minimum Gasteiger partial charge on any atom is -0.362 e. The fourth-order valence-corrected chi connectivity index (χ4v) is 6.51. The number of carbonyl (C=O) groups excluding carboxylic acids is 2. The van der Waals surface area contributed by atoms with Crippen LogP contribution in [0, 0.1) is 17.3 Å². The highest BCUT2D eigenvalue weighted by Gasteiger charge is 2.60. The summed E-state index contributed by atoms with van der Waals surface area (Å²) in [6.07, 6.45) is 3.62. The van der Waals surface area contributed by atoms with Crippen LogP contribution in [0.15, 0.2) is 41.8 Å². The van der Waals surface area contributed by atoms with Gasteiger partial charge in [0, 0.05) is 22.4 Å². The van der Waals surface area contributed by atoms with E-state index in [0.29, 0.717) is 5.56 Å². The van der Waals surface area contributed by atoms with Crippen molar-refractivity contribution in [3.63, 3.8) is 0 Å². The van der Waals surface area contributed by atoms with E-state index in [2.05, 4.69) is 35.9 Å². The standard InChI is InChI=1S/C23H27N3O2S/c1-14(19-8-5-11-29-19)24-21(28)17-12-15-9-10-22(17,2)13-23(15)25-18-7-4-3-6-16(18)20(27)26-23/h3-8,11,14-15,17,25H,9-10,12-13H2,1-2H3,(H,24,28)(H,26,27). The van der Waals surface area contributed by atoms with Gasteiger partial charge >= 0.3 is 0 Å². The average Bonchev–Trinajstić information content (AvgIpc) is 3.22. The average molecular weight is 410 g/mol. The SMILES string of the molecule is CC(NC(=O)C1CC2CCC1(C)CC21NC(=O)c2ccccc2N1)c1cccs1. The van der Waals surface area contributed by atoms with Crippen LogP contribution in [0.5, 0.6) is 0 Å². The molecule has 5 atom stereocenters. The molecule has 1 aromatic heterocycles. The van der Waals surface area contributed by atoms with E-state index in [4.69, 9.17) is 0 Å². The molecule has 2 heterocycles. The first kappa shape index (κ1) is 18.7. The monoisotopic (exact) mass is 409 g/mol. The van der Waals surface area contributed by atoms with Crippen LogP contribution in [0.4, 0.5) is 5.69 Å². The number of fused-ring (bicyclic) bond motifs is 3. The Labute approximate surface area is 175 Å². The number of benzene rings is 1.